The van der Waals surface area contributed by atoms with Gasteiger partial charge in [0.15, 0.2) is 0 Å². The SMILES string of the molecule is CCNc1nc(N)cc(CCCN2CCN(C[C@H](C(=O)O)c3ccc4c(c3)OCC4)C2=O)n1. The second kappa shape index (κ2) is 9.93. The zero-order valence-corrected chi connectivity index (χ0v) is 18.8. The van der Waals surface area contributed by atoms with Crippen LogP contribution in [0.15, 0.2) is 24.3 Å². The lowest BCUT2D eigenvalue weighted by Gasteiger charge is -2.22. The van der Waals surface area contributed by atoms with Gasteiger partial charge in [-0.2, -0.15) is 4.98 Å². The maximum atomic E-state index is 12.9. The van der Waals surface area contributed by atoms with E-state index in [0.717, 1.165) is 29.8 Å². The molecular weight excluding hydrogens is 424 g/mol. The fourth-order valence-corrected chi connectivity index (χ4v) is 4.29. The number of nitrogens with one attached hydrogen (secondary N) is 1. The molecule has 3 heterocycles. The molecule has 1 aromatic carbocycles. The molecule has 0 spiro atoms. The van der Waals surface area contributed by atoms with Crippen LogP contribution in [0.3, 0.4) is 0 Å². The number of rotatable bonds is 10. The Balaban J connectivity index is 1.33. The van der Waals surface area contributed by atoms with Crippen molar-refractivity contribution in [3.63, 3.8) is 0 Å². The molecule has 0 radical (unpaired) electrons. The first-order valence-electron chi connectivity index (χ1n) is 11.3. The van der Waals surface area contributed by atoms with Crippen LogP contribution in [-0.2, 0) is 17.6 Å². The standard InChI is InChI=1S/C23H30N6O4/c1-2-25-22-26-17(13-20(24)27-22)4-3-8-28-9-10-29(23(28)32)14-18(21(30)31)16-6-5-15-7-11-33-19(15)12-16/h5-6,12-13,18H,2-4,7-11,14H2,1H3,(H,30,31)(H3,24,25,26,27)/t18-/m0/s1. The van der Waals surface area contributed by atoms with E-state index in [4.69, 9.17) is 10.5 Å². The summed E-state index contributed by atoms with van der Waals surface area (Å²) in [7, 11) is 0. The van der Waals surface area contributed by atoms with Gasteiger partial charge < -0.3 is 30.7 Å². The molecule has 2 aliphatic heterocycles. The summed E-state index contributed by atoms with van der Waals surface area (Å²) >= 11 is 0. The Bertz CT molecular complexity index is 1030. The molecular formula is C23H30N6O4. The number of urea groups is 1. The number of amides is 2. The number of nitrogen functional groups attached to an aromatic ring is 1. The summed E-state index contributed by atoms with van der Waals surface area (Å²) in [5.41, 5.74) is 8.43. The fraction of sp³-hybridized carbons (Fsp3) is 0.478. The summed E-state index contributed by atoms with van der Waals surface area (Å²) in [6.45, 7) is 5.08. The van der Waals surface area contributed by atoms with E-state index in [1.165, 1.54) is 0 Å². The van der Waals surface area contributed by atoms with Crippen LogP contribution < -0.4 is 15.8 Å². The van der Waals surface area contributed by atoms with Crippen LogP contribution in [0.5, 0.6) is 5.75 Å². The lowest BCUT2D eigenvalue weighted by Crippen LogP contribution is -2.36. The smallest absolute Gasteiger partial charge is 0.320 e. The summed E-state index contributed by atoms with van der Waals surface area (Å²) in [6, 6.07) is 7.17. The Kier molecular flexibility index (Phi) is 6.81. The van der Waals surface area contributed by atoms with Crippen molar-refractivity contribution in [2.45, 2.75) is 32.1 Å². The van der Waals surface area contributed by atoms with E-state index in [-0.39, 0.29) is 12.6 Å². The van der Waals surface area contributed by atoms with Gasteiger partial charge in [0.1, 0.15) is 11.6 Å². The Morgan fingerprint density at radius 2 is 2.09 bits per heavy atom. The molecule has 2 aliphatic rings. The number of aryl methyl sites for hydroxylation is 1. The monoisotopic (exact) mass is 454 g/mol. The van der Waals surface area contributed by atoms with Gasteiger partial charge in [-0.1, -0.05) is 12.1 Å². The molecule has 33 heavy (non-hydrogen) atoms. The Morgan fingerprint density at radius 1 is 1.27 bits per heavy atom. The first-order valence-corrected chi connectivity index (χ1v) is 11.3. The Morgan fingerprint density at radius 3 is 2.88 bits per heavy atom. The topological polar surface area (TPSA) is 134 Å². The van der Waals surface area contributed by atoms with Crippen molar-refractivity contribution >= 4 is 23.8 Å². The highest BCUT2D eigenvalue weighted by Gasteiger charge is 2.33. The Hall–Kier alpha value is -3.56. The molecule has 1 saturated heterocycles. The minimum absolute atomic E-state index is 0.130. The van der Waals surface area contributed by atoms with Crippen LogP contribution in [-0.4, -0.2) is 76.2 Å². The molecule has 1 fully saturated rings. The second-order valence-corrected chi connectivity index (χ2v) is 8.31. The zero-order chi connectivity index (χ0) is 23.4. The summed E-state index contributed by atoms with van der Waals surface area (Å²) in [5.74, 6) is -0.0756. The van der Waals surface area contributed by atoms with Crippen LogP contribution in [0.4, 0.5) is 16.6 Å². The summed E-state index contributed by atoms with van der Waals surface area (Å²) in [5, 5.41) is 12.9. The number of aromatic nitrogens is 2. The third-order valence-electron chi connectivity index (χ3n) is 6.00. The largest absolute Gasteiger partial charge is 0.493 e. The van der Waals surface area contributed by atoms with Gasteiger partial charge in [-0.05, 0) is 37.0 Å². The number of aliphatic carboxylic acids is 1. The van der Waals surface area contributed by atoms with Gasteiger partial charge in [0, 0.05) is 50.9 Å². The molecule has 0 unspecified atom stereocenters. The average molecular weight is 455 g/mol. The number of anilines is 2. The molecule has 10 nitrogen and oxygen atoms in total. The van der Waals surface area contributed by atoms with E-state index >= 15 is 0 Å². The van der Waals surface area contributed by atoms with Crippen molar-refractivity contribution in [1.82, 2.24) is 19.8 Å². The number of carboxylic acids is 1. The van der Waals surface area contributed by atoms with Crippen molar-refractivity contribution in [2.24, 2.45) is 0 Å². The van der Waals surface area contributed by atoms with Crippen LogP contribution in [0, 0.1) is 0 Å². The third kappa shape index (κ3) is 5.27. The first kappa shape index (κ1) is 22.6. The van der Waals surface area contributed by atoms with Gasteiger partial charge in [0.25, 0.3) is 0 Å². The molecule has 4 rings (SSSR count). The number of hydrogen-bond acceptors (Lipinski definition) is 7. The minimum Gasteiger partial charge on any atom is -0.493 e. The van der Waals surface area contributed by atoms with E-state index < -0.39 is 11.9 Å². The minimum atomic E-state index is -0.947. The number of hydrogen-bond donors (Lipinski definition) is 3. The molecule has 0 bridgehead atoms. The average Bonchev–Trinajstić information content (AvgIpc) is 3.38. The normalized spacial score (nSPS) is 16.0. The van der Waals surface area contributed by atoms with E-state index in [0.29, 0.717) is 56.5 Å². The van der Waals surface area contributed by atoms with Crippen molar-refractivity contribution in [2.75, 3.05) is 50.4 Å². The highest BCUT2D eigenvalue weighted by Crippen LogP contribution is 2.30. The highest BCUT2D eigenvalue weighted by molar-refractivity contribution is 5.80. The lowest BCUT2D eigenvalue weighted by atomic mass is 9.96. The van der Waals surface area contributed by atoms with E-state index in [1.807, 2.05) is 19.1 Å². The van der Waals surface area contributed by atoms with E-state index in [9.17, 15) is 14.7 Å². The number of carbonyl (C=O) groups is 2. The Labute approximate surface area is 192 Å². The maximum absolute atomic E-state index is 12.9. The second-order valence-electron chi connectivity index (χ2n) is 8.31. The summed E-state index contributed by atoms with van der Waals surface area (Å²) in [6.07, 6.45) is 2.23. The van der Waals surface area contributed by atoms with Gasteiger partial charge in [-0.15, -0.1) is 0 Å². The number of nitrogens with two attached hydrogens (primary N) is 1. The molecule has 1 aromatic heterocycles. The predicted octanol–water partition coefficient (Wildman–Crippen LogP) is 1.96. The van der Waals surface area contributed by atoms with Crippen molar-refractivity contribution in [3.05, 3.63) is 41.1 Å². The molecule has 1 atom stereocenters. The van der Waals surface area contributed by atoms with Gasteiger partial charge in [-0.3, -0.25) is 4.79 Å². The van der Waals surface area contributed by atoms with Crippen LogP contribution >= 0.6 is 0 Å². The number of ether oxygens (including phenoxy) is 1. The lowest BCUT2D eigenvalue weighted by molar-refractivity contribution is -0.139. The summed E-state index contributed by atoms with van der Waals surface area (Å²) < 4.78 is 5.58. The first-order chi connectivity index (χ1) is 15.9. The van der Waals surface area contributed by atoms with Gasteiger partial charge in [0.05, 0.1) is 12.5 Å². The van der Waals surface area contributed by atoms with Gasteiger partial charge in [0.2, 0.25) is 5.95 Å². The molecule has 0 aliphatic carbocycles. The van der Waals surface area contributed by atoms with E-state index in [1.54, 1.807) is 21.9 Å². The molecule has 2 aromatic rings. The van der Waals surface area contributed by atoms with E-state index in [2.05, 4.69) is 15.3 Å². The van der Waals surface area contributed by atoms with Crippen molar-refractivity contribution in [3.8, 4) is 5.75 Å². The molecule has 4 N–H and O–H groups in total. The van der Waals surface area contributed by atoms with Gasteiger partial charge in [-0.25, -0.2) is 9.78 Å². The van der Waals surface area contributed by atoms with Crippen molar-refractivity contribution < 1.29 is 19.4 Å². The molecule has 2 amide bonds. The third-order valence-corrected chi connectivity index (χ3v) is 6.00. The zero-order valence-electron chi connectivity index (χ0n) is 18.8. The fourth-order valence-electron chi connectivity index (χ4n) is 4.29. The molecule has 0 saturated carbocycles. The number of fused-ring (bicyclic) bond motifs is 1. The molecule has 10 heteroatoms. The number of carboxylic acid groups (broad SMARTS) is 1. The maximum Gasteiger partial charge on any atom is 0.320 e. The quantitative estimate of drug-likeness (QED) is 0.496. The highest BCUT2D eigenvalue weighted by atomic mass is 16.5. The number of benzene rings is 1. The van der Waals surface area contributed by atoms with Crippen LogP contribution in [0.2, 0.25) is 0 Å². The van der Waals surface area contributed by atoms with Crippen LogP contribution in [0.25, 0.3) is 0 Å². The predicted molar refractivity (Wildman–Crippen MR) is 123 cm³/mol. The van der Waals surface area contributed by atoms with Crippen LogP contribution in [0.1, 0.15) is 36.1 Å². The summed E-state index contributed by atoms with van der Waals surface area (Å²) in [4.78, 5) is 36.9. The number of carbonyl (C=O) groups excluding carboxylic acids is 1. The van der Waals surface area contributed by atoms with Crippen molar-refractivity contribution in [1.29, 1.82) is 0 Å². The molecule has 176 valence electrons. The number of nitrogens with zero attached hydrogens (tertiary/aromatic N) is 4. The van der Waals surface area contributed by atoms with Gasteiger partial charge >= 0.3 is 12.0 Å².